The van der Waals surface area contributed by atoms with Crippen LogP contribution in [0, 0.1) is 29.6 Å². The Hall–Kier alpha value is -7.54. The number of aliphatic imine (C=N–C) groups is 1. The van der Waals surface area contributed by atoms with Gasteiger partial charge in [-0.1, -0.05) is 118 Å². The number of likely N-dealkylation sites (N-methyl/N-ethyl adjacent to an activating group) is 3. The van der Waals surface area contributed by atoms with Gasteiger partial charge in [-0.2, -0.15) is 11.8 Å². The van der Waals surface area contributed by atoms with E-state index in [1.807, 2.05) is 44.4 Å². The number of H-pyrrole nitrogens is 1. The van der Waals surface area contributed by atoms with Crippen molar-refractivity contribution in [2.24, 2.45) is 40.3 Å². The molecule has 2 aromatic carbocycles. The fraction of sp³-hybridized carbons (Fsp3) is 0.633. The molecule has 3 heterocycles. The topological polar surface area (TPSA) is 329 Å². The molecule has 6 rings (SSSR count). The highest BCUT2D eigenvalue weighted by atomic mass is 32.2. The zero-order valence-electron chi connectivity index (χ0n) is 63.0. The van der Waals surface area contributed by atoms with Crippen LogP contribution < -0.4 is 32.3 Å². The van der Waals surface area contributed by atoms with Crippen LogP contribution in [0.3, 0.4) is 0 Å². The lowest BCUT2D eigenvalue weighted by atomic mass is 9.88. The number of amides is 6. The summed E-state index contributed by atoms with van der Waals surface area (Å²) >= 11 is 1.52. The summed E-state index contributed by atoms with van der Waals surface area (Å²) in [6.07, 6.45) is 12.4. The van der Waals surface area contributed by atoms with Crippen molar-refractivity contribution >= 4 is 99.0 Å². The van der Waals surface area contributed by atoms with Gasteiger partial charge in [-0.15, -0.1) is 0 Å². The summed E-state index contributed by atoms with van der Waals surface area (Å²) in [7, 11) is 0. The molecule has 3 aliphatic rings. The van der Waals surface area contributed by atoms with E-state index >= 15 is 0 Å². The summed E-state index contributed by atoms with van der Waals surface area (Å²) in [5.41, 5.74) is 8.58. The third-order valence-electron chi connectivity index (χ3n) is 20.9. The lowest BCUT2D eigenvalue weighted by molar-refractivity contribution is -0.135. The molecule has 1 aromatic heterocycles. The summed E-state index contributed by atoms with van der Waals surface area (Å²) in [5.74, 6) is -8.06. The van der Waals surface area contributed by atoms with E-state index in [0.29, 0.717) is 48.2 Å². The minimum atomic E-state index is -1.21. The summed E-state index contributed by atoms with van der Waals surface area (Å²) in [5, 5.41) is 15.0. The standard InChI is InChI=1S/C79H117N11O12S/c1-12-88-48-79(90(14-3)15-4,49-89(13-2)67-23-19-18-22-66(67)88)35-32-72(97)83-47-60(92)40-54-25-28-56(29-26-54)69(94)44-58(27-24-53(10)91)77(101)85-64(42-59-46-82-62-21-17-16-20-61(59)62)70(95)39-52(9)76(100)87-74(51(7)8)68(93)30-31-73(98)84-65(41-55-33-36-81-45-55)78(102)86-63(38-50(5)6)71(96)43-57(75(80)99)34-37-103-11/h16-17,20-21,25-26,28-29,36,45-46,50-52,57-58,63-67,74,82H,12-15,18-19,22-24,27,30-35,37-44,47-49H2,1-11H3,(H2,80,99)(H,83,97)(H,84,98)(H,85,101)(H,86,102)(H,87,100)/t52-,57-,58-,63?,64+,65+,66-,67-,74+/m1/s1. The van der Waals surface area contributed by atoms with Gasteiger partial charge in [0.25, 0.3) is 0 Å². The van der Waals surface area contributed by atoms with E-state index in [2.05, 4.69) is 79.0 Å². The average molecular weight is 1440 g/mol. The summed E-state index contributed by atoms with van der Waals surface area (Å²) in [6.45, 7) is 24.3. The second-order valence-electron chi connectivity index (χ2n) is 29.5. The van der Waals surface area contributed by atoms with Gasteiger partial charge in [0.05, 0.1) is 24.7 Å². The van der Waals surface area contributed by atoms with Crippen LogP contribution in [0.2, 0.25) is 0 Å². The number of aromatic amines is 1. The number of ketones is 6. The molecule has 23 nitrogen and oxygen atoms in total. The van der Waals surface area contributed by atoms with Crippen LogP contribution in [-0.2, 0) is 65.6 Å². The number of Topliss-reactive ketones (excluding diaryl/α,β-unsaturated/α-hetero) is 6. The smallest absolute Gasteiger partial charge is 0.243 e. The maximum atomic E-state index is 14.7. The molecule has 3 aromatic rings. The van der Waals surface area contributed by atoms with Crippen LogP contribution in [0.1, 0.15) is 200 Å². The third-order valence-corrected chi connectivity index (χ3v) is 21.6. The average Bonchev–Trinajstić information content (AvgIpc) is 1.65. The zero-order chi connectivity index (χ0) is 75.5. The number of para-hydroxylation sites is 1. The normalized spacial score (nSPS) is 18.1. The Morgan fingerprint density at radius 3 is 1.93 bits per heavy atom. The quantitative estimate of drug-likeness (QED) is 0.0262. The maximum Gasteiger partial charge on any atom is 0.243 e. The van der Waals surface area contributed by atoms with E-state index in [4.69, 9.17) is 5.73 Å². The number of primary amides is 1. The Kier molecular flexibility index (Phi) is 34.3. The van der Waals surface area contributed by atoms with E-state index in [0.717, 1.165) is 55.7 Å². The predicted octanol–water partition coefficient (Wildman–Crippen LogP) is 8.17. The van der Waals surface area contributed by atoms with Crippen LogP contribution in [0.4, 0.5) is 0 Å². The minimum absolute atomic E-state index is 0.000616. The lowest BCUT2D eigenvalue weighted by Gasteiger charge is -2.46. The summed E-state index contributed by atoms with van der Waals surface area (Å²) < 4.78 is 0. The lowest BCUT2D eigenvalue weighted by Crippen LogP contribution is -2.60. The van der Waals surface area contributed by atoms with Crippen molar-refractivity contribution < 1.29 is 57.5 Å². The van der Waals surface area contributed by atoms with Gasteiger partial charge in [-0.05, 0) is 125 Å². The molecule has 0 spiro atoms. The number of carbonyl (C=O) groups excluding carboxylic acids is 12. The van der Waals surface area contributed by atoms with E-state index in [-0.39, 0.29) is 124 Å². The van der Waals surface area contributed by atoms with Crippen LogP contribution in [0.15, 0.2) is 71.5 Å². The molecular weight excluding hydrogens is 1330 g/mol. The van der Waals surface area contributed by atoms with Gasteiger partial charge in [-0.25, -0.2) is 0 Å². The monoisotopic (exact) mass is 1440 g/mol. The second kappa shape index (κ2) is 41.8. The minimum Gasteiger partial charge on any atom is -0.369 e. The molecule has 1 saturated carbocycles. The first kappa shape index (κ1) is 84.4. The Labute approximate surface area is 614 Å². The van der Waals surface area contributed by atoms with Crippen LogP contribution in [-0.4, -0.2) is 196 Å². The molecule has 1 aliphatic carbocycles. The number of rotatable bonds is 46. The van der Waals surface area contributed by atoms with Gasteiger partial charge < -0.3 is 42.1 Å². The van der Waals surface area contributed by atoms with Gasteiger partial charge in [0.15, 0.2) is 28.9 Å². The van der Waals surface area contributed by atoms with E-state index in [1.54, 1.807) is 56.7 Å². The maximum absolute atomic E-state index is 14.7. The number of hydrogen-bond donors (Lipinski definition) is 7. The van der Waals surface area contributed by atoms with Crippen molar-refractivity contribution in [3.05, 3.63) is 83.2 Å². The molecule has 2 fully saturated rings. The Morgan fingerprint density at radius 1 is 0.689 bits per heavy atom. The number of hydrogen-bond acceptors (Lipinski definition) is 17. The van der Waals surface area contributed by atoms with Gasteiger partial charge in [0, 0.05) is 148 Å². The largest absolute Gasteiger partial charge is 0.369 e. The first-order valence-corrected chi connectivity index (χ1v) is 39.0. The molecule has 0 radical (unpaired) electrons. The third kappa shape index (κ3) is 25.6. The van der Waals surface area contributed by atoms with Crippen LogP contribution in [0.5, 0.6) is 0 Å². The summed E-state index contributed by atoms with van der Waals surface area (Å²) in [4.78, 5) is 180. The second-order valence-corrected chi connectivity index (χ2v) is 30.5. The van der Waals surface area contributed by atoms with Crippen molar-refractivity contribution in [3.8, 4) is 0 Å². The Balaban J connectivity index is 1.07. The highest BCUT2D eigenvalue weighted by Crippen LogP contribution is 2.37. The number of nitrogens with one attached hydrogen (secondary N) is 6. The van der Waals surface area contributed by atoms with Crippen molar-refractivity contribution in [2.75, 3.05) is 57.8 Å². The number of thioether (sulfide) groups is 1. The SMILES string of the molecule is CCN1CC(CCC(=O)NCC(=O)Cc2ccc(C(=O)C[C@@H](CCC(C)=O)C(=O)N[C@@H](Cc3c[nH]c4ccccc34)C(=O)C[C@@H](C)C(=O)N[C@H](C(=O)CCC(=O)N[C@@H](CC3=CN=CC3)C(=O)NC(CC(C)C)C(=O)C[C@@H](CCSC)C(N)=O)C(C)C)cc2)(N(CC)CC)CN(CC)[C@@H]2CCCC[C@H]21. The van der Waals surface area contributed by atoms with Crippen molar-refractivity contribution in [1.82, 2.24) is 46.3 Å². The van der Waals surface area contributed by atoms with Gasteiger partial charge in [-0.3, -0.25) is 72.4 Å². The van der Waals surface area contributed by atoms with Crippen LogP contribution >= 0.6 is 11.8 Å². The number of benzene rings is 2. The molecule has 2 aliphatic heterocycles. The van der Waals surface area contributed by atoms with Gasteiger partial charge >= 0.3 is 0 Å². The highest BCUT2D eigenvalue weighted by Gasteiger charge is 2.47. The van der Waals surface area contributed by atoms with Crippen LogP contribution in [0.25, 0.3) is 10.9 Å². The van der Waals surface area contributed by atoms with Gasteiger partial charge in [0.2, 0.25) is 35.4 Å². The molecule has 566 valence electrons. The molecule has 1 unspecified atom stereocenters. The first-order valence-electron chi connectivity index (χ1n) is 37.6. The molecule has 0 bridgehead atoms. The van der Waals surface area contributed by atoms with E-state index in [1.165, 1.54) is 51.3 Å². The van der Waals surface area contributed by atoms with E-state index < -0.39 is 94.7 Å². The number of fused-ring (bicyclic) bond motifs is 2. The van der Waals surface area contributed by atoms with E-state index in [9.17, 15) is 57.5 Å². The molecule has 1 saturated heterocycles. The highest BCUT2D eigenvalue weighted by molar-refractivity contribution is 7.98. The Bertz CT molecular complexity index is 3450. The molecular formula is C79H117N11O12S. The molecule has 8 N–H and O–H groups in total. The number of carbonyl (C=O) groups is 12. The number of nitrogens with two attached hydrogens (primary N) is 1. The van der Waals surface area contributed by atoms with Crippen molar-refractivity contribution in [1.29, 1.82) is 0 Å². The summed E-state index contributed by atoms with van der Waals surface area (Å²) in [6, 6.07) is 10.6. The first-order chi connectivity index (χ1) is 49.1. The fourth-order valence-electron chi connectivity index (χ4n) is 15.0. The molecule has 6 amide bonds. The predicted molar refractivity (Wildman–Crippen MR) is 404 cm³/mol. The van der Waals surface area contributed by atoms with Crippen molar-refractivity contribution in [3.63, 3.8) is 0 Å². The van der Waals surface area contributed by atoms with Gasteiger partial charge in [0.1, 0.15) is 11.8 Å². The zero-order valence-corrected chi connectivity index (χ0v) is 63.8. The molecule has 103 heavy (non-hydrogen) atoms. The molecule has 9 atom stereocenters. The van der Waals surface area contributed by atoms with Crippen molar-refractivity contribution in [2.45, 2.75) is 233 Å². The number of aromatic nitrogens is 1. The fourth-order valence-corrected chi connectivity index (χ4v) is 15.5. The number of nitrogens with zero attached hydrogens (tertiary/aromatic N) is 4. The molecule has 24 heteroatoms. The Morgan fingerprint density at radius 2 is 1.34 bits per heavy atom.